The molecule has 110 valence electrons. The molecule has 1 aromatic rings. The van der Waals surface area contributed by atoms with Gasteiger partial charge in [0.05, 0.1) is 19.3 Å². The molecule has 1 aliphatic heterocycles. The summed E-state index contributed by atoms with van der Waals surface area (Å²) >= 11 is 0. The number of urea groups is 1. The number of carbonyl (C=O) groups excluding carboxylic acids is 1. The molecule has 0 saturated carbocycles. The molecule has 1 atom stereocenters. The monoisotopic (exact) mass is 280 g/mol. The summed E-state index contributed by atoms with van der Waals surface area (Å²) in [6.07, 6.45) is 1.91. The summed E-state index contributed by atoms with van der Waals surface area (Å²) in [7, 11) is 0. The smallest absolute Gasteiger partial charge is 0.322 e. The van der Waals surface area contributed by atoms with Gasteiger partial charge in [0.1, 0.15) is 5.82 Å². The van der Waals surface area contributed by atoms with Crippen molar-refractivity contribution in [2.24, 2.45) is 0 Å². The lowest BCUT2D eigenvalue weighted by Crippen LogP contribution is -2.50. The first-order valence-corrected chi connectivity index (χ1v) is 7.04. The molecule has 1 fully saturated rings. The number of benzene rings is 1. The summed E-state index contributed by atoms with van der Waals surface area (Å²) in [5.41, 5.74) is 0.984. The number of hydrogen-bond acceptors (Lipinski definition) is 2. The van der Waals surface area contributed by atoms with Gasteiger partial charge in [-0.3, -0.25) is 0 Å². The number of carbonyl (C=O) groups is 1. The summed E-state index contributed by atoms with van der Waals surface area (Å²) in [5.74, 6) is -0.310. The van der Waals surface area contributed by atoms with Gasteiger partial charge in [0.15, 0.2) is 0 Å². The van der Waals surface area contributed by atoms with Gasteiger partial charge in [-0.1, -0.05) is 19.4 Å². The van der Waals surface area contributed by atoms with Crippen molar-refractivity contribution < 1.29 is 13.9 Å². The predicted octanol–water partition coefficient (Wildman–Crippen LogP) is 3.17. The minimum atomic E-state index is -0.310. The maximum atomic E-state index is 13.5. The zero-order valence-corrected chi connectivity index (χ0v) is 12.0. The van der Waals surface area contributed by atoms with E-state index in [0.29, 0.717) is 31.0 Å². The van der Waals surface area contributed by atoms with Crippen molar-refractivity contribution in [2.75, 3.05) is 25.1 Å². The largest absolute Gasteiger partial charge is 0.377 e. The second-order valence-corrected chi connectivity index (χ2v) is 5.05. The number of rotatable bonds is 3. The molecular weight excluding hydrogens is 259 g/mol. The van der Waals surface area contributed by atoms with Crippen LogP contribution in [0.2, 0.25) is 0 Å². The Hall–Kier alpha value is -1.62. The first-order valence-electron chi connectivity index (χ1n) is 7.04. The Bertz CT molecular complexity index is 477. The van der Waals surface area contributed by atoms with Crippen LogP contribution in [0.15, 0.2) is 18.2 Å². The van der Waals surface area contributed by atoms with E-state index in [0.717, 1.165) is 12.8 Å². The van der Waals surface area contributed by atoms with Crippen LogP contribution in [0.3, 0.4) is 0 Å². The molecule has 5 heteroatoms. The highest BCUT2D eigenvalue weighted by Gasteiger charge is 2.26. The van der Waals surface area contributed by atoms with Crippen molar-refractivity contribution in [3.05, 3.63) is 29.6 Å². The molecule has 0 aromatic heterocycles. The zero-order valence-electron chi connectivity index (χ0n) is 12.0. The van der Waals surface area contributed by atoms with E-state index in [1.165, 1.54) is 6.07 Å². The minimum absolute atomic E-state index is 0.0996. The molecule has 2 amide bonds. The molecule has 1 unspecified atom stereocenters. The van der Waals surface area contributed by atoms with Gasteiger partial charge in [0.25, 0.3) is 0 Å². The van der Waals surface area contributed by atoms with Crippen LogP contribution in [0.5, 0.6) is 0 Å². The third-order valence-corrected chi connectivity index (χ3v) is 3.62. The van der Waals surface area contributed by atoms with Crippen LogP contribution in [0, 0.1) is 12.7 Å². The molecule has 1 heterocycles. The number of nitrogens with one attached hydrogen (secondary N) is 1. The lowest BCUT2D eigenvalue weighted by molar-refractivity contribution is 0.0124. The highest BCUT2D eigenvalue weighted by molar-refractivity contribution is 5.90. The number of hydrogen-bond donors (Lipinski definition) is 1. The molecule has 2 rings (SSSR count). The average Bonchev–Trinajstić information content (AvgIpc) is 2.45. The number of anilines is 1. The fourth-order valence-corrected chi connectivity index (χ4v) is 2.42. The van der Waals surface area contributed by atoms with E-state index in [4.69, 9.17) is 4.74 Å². The number of ether oxygens (including phenoxy) is 1. The molecule has 1 N–H and O–H groups in total. The predicted molar refractivity (Wildman–Crippen MR) is 76.4 cm³/mol. The molecule has 4 nitrogen and oxygen atoms in total. The Balaban J connectivity index is 2.08. The van der Waals surface area contributed by atoms with Crippen LogP contribution in [-0.4, -0.2) is 36.7 Å². The van der Waals surface area contributed by atoms with Gasteiger partial charge in [-0.05, 0) is 25.5 Å². The number of nitrogens with zero attached hydrogens (tertiary/aromatic N) is 1. The molecule has 1 aromatic carbocycles. The van der Waals surface area contributed by atoms with E-state index >= 15 is 0 Å². The number of morpholine rings is 1. The van der Waals surface area contributed by atoms with Crippen molar-refractivity contribution in [1.82, 2.24) is 4.90 Å². The Morgan fingerprint density at radius 1 is 1.55 bits per heavy atom. The lowest BCUT2D eigenvalue weighted by atomic mass is 10.1. The van der Waals surface area contributed by atoms with Crippen LogP contribution in [0.25, 0.3) is 0 Å². The van der Waals surface area contributed by atoms with E-state index < -0.39 is 0 Å². The molecule has 1 aliphatic rings. The van der Waals surface area contributed by atoms with Crippen LogP contribution >= 0.6 is 0 Å². The molecule has 0 bridgehead atoms. The topological polar surface area (TPSA) is 41.6 Å². The Morgan fingerprint density at radius 2 is 2.35 bits per heavy atom. The van der Waals surface area contributed by atoms with Gasteiger partial charge in [0, 0.05) is 17.8 Å². The van der Waals surface area contributed by atoms with Crippen molar-refractivity contribution in [2.45, 2.75) is 32.7 Å². The van der Waals surface area contributed by atoms with Crippen LogP contribution in [-0.2, 0) is 4.74 Å². The highest BCUT2D eigenvalue weighted by atomic mass is 19.1. The quantitative estimate of drug-likeness (QED) is 0.924. The molecule has 1 saturated heterocycles. The highest BCUT2D eigenvalue weighted by Crippen LogP contribution is 2.19. The summed E-state index contributed by atoms with van der Waals surface area (Å²) < 4.78 is 18.9. The van der Waals surface area contributed by atoms with Crippen LogP contribution < -0.4 is 5.32 Å². The zero-order chi connectivity index (χ0) is 14.5. The average molecular weight is 280 g/mol. The third-order valence-electron chi connectivity index (χ3n) is 3.62. The Labute approximate surface area is 118 Å². The van der Waals surface area contributed by atoms with E-state index in [2.05, 4.69) is 12.2 Å². The minimum Gasteiger partial charge on any atom is -0.377 e. The summed E-state index contributed by atoms with van der Waals surface area (Å²) in [5, 5.41) is 2.80. The second-order valence-electron chi connectivity index (χ2n) is 5.05. The van der Waals surface area contributed by atoms with Gasteiger partial charge < -0.3 is 15.0 Å². The fourth-order valence-electron chi connectivity index (χ4n) is 2.42. The fraction of sp³-hybridized carbons (Fsp3) is 0.533. The standard InChI is InChI=1S/C15H21FN2O2/c1-3-5-12-10-20-9-8-18(12)15(19)17-14-7-4-6-13(16)11(14)2/h4,6-7,12H,3,5,8-10H2,1-2H3,(H,17,19). The van der Waals surface area contributed by atoms with Crippen LogP contribution in [0.4, 0.5) is 14.9 Å². The van der Waals surface area contributed by atoms with Gasteiger partial charge in [0.2, 0.25) is 0 Å². The van der Waals surface area contributed by atoms with Crippen LogP contribution in [0.1, 0.15) is 25.3 Å². The lowest BCUT2D eigenvalue weighted by Gasteiger charge is -2.35. The Morgan fingerprint density at radius 3 is 3.10 bits per heavy atom. The van der Waals surface area contributed by atoms with Gasteiger partial charge >= 0.3 is 6.03 Å². The maximum absolute atomic E-state index is 13.5. The summed E-state index contributed by atoms with van der Waals surface area (Å²) in [6, 6.07) is 4.62. The normalized spacial score (nSPS) is 18.9. The number of halogens is 1. The SMILES string of the molecule is CCCC1COCCN1C(=O)Nc1cccc(F)c1C. The molecule has 0 radical (unpaired) electrons. The first kappa shape index (κ1) is 14.8. The molecule has 0 spiro atoms. The van der Waals surface area contributed by atoms with E-state index in [-0.39, 0.29) is 17.9 Å². The Kier molecular flexibility index (Phi) is 4.95. The first-order chi connectivity index (χ1) is 9.63. The van der Waals surface area contributed by atoms with Crippen molar-refractivity contribution in [3.63, 3.8) is 0 Å². The molecular formula is C15H21FN2O2. The van der Waals surface area contributed by atoms with E-state index in [9.17, 15) is 9.18 Å². The van der Waals surface area contributed by atoms with Gasteiger partial charge in [-0.2, -0.15) is 0 Å². The van der Waals surface area contributed by atoms with Crippen molar-refractivity contribution in [1.29, 1.82) is 0 Å². The third kappa shape index (κ3) is 3.28. The van der Waals surface area contributed by atoms with E-state index in [1.54, 1.807) is 24.0 Å². The van der Waals surface area contributed by atoms with Gasteiger partial charge in [-0.25, -0.2) is 9.18 Å². The summed E-state index contributed by atoms with van der Waals surface area (Å²) in [6.45, 7) is 5.44. The molecule has 0 aliphatic carbocycles. The molecule has 20 heavy (non-hydrogen) atoms. The van der Waals surface area contributed by atoms with Gasteiger partial charge in [-0.15, -0.1) is 0 Å². The second kappa shape index (κ2) is 6.70. The van der Waals surface area contributed by atoms with Crippen molar-refractivity contribution >= 4 is 11.7 Å². The number of amides is 2. The van der Waals surface area contributed by atoms with Crippen molar-refractivity contribution in [3.8, 4) is 0 Å². The maximum Gasteiger partial charge on any atom is 0.322 e. The van der Waals surface area contributed by atoms with E-state index in [1.807, 2.05) is 0 Å². The summed E-state index contributed by atoms with van der Waals surface area (Å²) in [4.78, 5) is 14.1.